The number of benzene rings is 2. The molecule has 0 bridgehead atoms. The maximum Gasteiger partial charge on any atom is 0.241 e. The van der Waals surface area contributed by atoms with E-state index in [1.165, 1.54) is 12.1 Å². The molecule has 182 valence electrons. The first-order valence-electron chi connectivity index (χ1n) is 11.4. The third-order valence-electron chi connectivity index (χ3n) is 5.78. The fourth-order valence-corrected chi connectivity index (χ4v) is 5.18. The van der Waals surface area contributed by atoms with E-state index < -0.39 is 34.1 Å². The predicted octanol–water partition coefficient (Wildman–Crippen LogP) is 3.16. The molecule has 0 heterocycles. The van der Waals surface area contributed by atoms with Gasteiger partial charge >= 0.3 is 0 Å². The molecule has 3 rings (SSSR count). The lowest BCUT2D eigenvalue weighted by molar-refractivity contribution is -0.125. The lowest BCUT2D eigenvalue weighted by Crippen LogP contribution is -2.52. The van der Waals surface area contributed by atoms with Gasteiger partial charge in [-0.05, 0) is 36.0 Å². The number of nitrogens with one attached hydrogen (secondary N) is 2. The average Bonchev–Trinajstić information content (AvgIpc) is 3.47. The Morgan fingerprint density at radius 3 is 2.03 bits per heavy atom. The first kappa shape index (κ1) is 25.8. The average molecular weight is 485 g/mol. The van der Waals surface area contributed by atoms with Crippen LogP contribution in [0.3, 0.4) is 0 Å². The summed E-state index contributed by atoms with van der Waals surface area (Å²) < 4.78 is 28.2. The Morgan fingerprint density at radius 1 is 0.941 bits per heavy atom. The third-order valence-corrected chi connectivity index (χ3v) is 7.27. The summed E-state index contributed by atoms with van der Waals surface area (Å²) in [5, 5.41) is 13.8. The maximum absolute atomic E-state index is 13.2. The normalized spacial score (nSPS) is 14.9. The molecule has 0 fully saturated rings. The molecular formula is C26H32N2O5S. The standard InChI is InChI=1S/C26H32N2O5S/c1-16(2)15-20(28-34(32,33)19-13-9-6-10-14-19)26(31)27-23(17(3)4)25(30)22-21(24(22)29)18-11-7-5-8-12-18/h5-14,16-17,20,23,25,28,30H,15H2,1-4H3,(H,27,31). The molecule has 8 heteroatoms. The summed E-state index contributed by atoms with van der Waals surface area (Å²) >= 11 is 0. The maximum atomic E-state index is 13.2. The molecular weight excluding hydrogens is 452 g/mol. The van der Waals surface area contributed by atoms with Crippen LogP contribution in [0.25, 0.3) is 11.1 Å². The van der Waals surface area contributed by atoms with Crippen LogP contribution in [-0.4, -0.2) is 31.5 Å². The van der Waals surface area contributed by atoms with Crippen molar-refractivity contribution in [3.63, 3.8) is 0 Å². The Morgan fingerprint density at radius 2 is 1.50 bits per heavy atom. The number of carbonyl (C=O) groups excluding carboxylic acids is 1. The molecule has 0 aromatic heterocycles. The van der Waals surface area contributed by atoms with Gasteiger partial charge in [-0.25, -0.2) is 8.42 Å². The van der Waals surface area contributed by atoms with E-state index in [1.54, 1.807) is 30.3 Å². The summed E-state index contributed by atoms with van der Waals surface area (Å²) in [5.74, 6) is -0.711. The molecule has 7 nitrogen and oxygen atoms in total. The first-order valence-corrected chi connectivity index (χ1v) is 12.9. The van der Waals surface area contributed by atoms with Gasteiger partial charge in [0.15, 0.2) is 5.43 Å². The zero-order chi connectivity index (χ0) is 25.0. The number of aliphatic hydroxyl groups excluding tert-OH is 1. The molecule has 34 heavy (non-hydrogen) atoms. The van der Waals surface area contributed by atoms with E-state index in [4.69, 9.17) is 0 Å². The Hall–Kier alpha value is -2.81. The lowest BCUT2D eigenvalue weighted by atomic mass is 9.95. The van der Waals surface area contributed by atoms with E-state index in [-0.39, 0.29) is 34.1 Å². The highest BCUT2D eigenvalue weighted by molar-refractivity contribution is 7.89. The zero-order valence-corrected chi connectivity index (χ0v) is 20.7. The molecule has 0 saturated heterocycles. The van der Waals surface area contributed by atoms with Crippen molar-refractivity contribution in [2.75, 3.05) is 0 Å². The number of amides is 1. The van der Waals surface area contributed by atoms with Crippen LogP contribution in [0.15, 0.2) is 70.4 Å². The molecule has 0 saturated carbocycles. The zero-order valence-electron chi connectivity index (χ0n) is 19.9. The molecule has 3 aromatic carbocycles. The first-order chi connectivity index (χ1) is 16.0. The Balaban J connectivity index is 1.80. The van der Waals surface area contributed by atoms with Crippen LogP contribution in [0.4, 0.5) is 0 Å². The van der Waals surface area contributed by atoms with Crippen molar-refractivity contribution >= 4 is 15.9 Å². The number of rotatable bonds is 11. The topological polar surface area (TPSA) is 113 Å². The van der Waals surface area contributed by atoms with Crippen LogP contribution in [0, 0.1) is 11.8 Å². The van der Waals surface area contributed by atoms with Gasteiger partial charge in [-0.1, -0.05) is 76.2 Å². The smallest absolute Gasteiger partial charge is 0.241 e. The van der Waals surface area contributed by atoms with Gasteiger partial charge in [0.05, 0.1) is 10.9 Å². The number of carbonyl (C=O) groups is 1. The van der Waals surface area contributed by atoms with Crippen LogP contribution in [0.5, 0.6) is 0 Å². The second-order valence-corrected chi connectivity index (χ2v) is 11.0. The Bertz CT molecular complexity index is 1210. The largest absolute Gasteiger partial charge is 0.386 e. The molecule has 3 N–H and O–H groups in total. The second kappa shape index (κ2) is 10.6. The molecule has 3 unspecified atom stereocenters. The van der Waals surface area contributed by atoms with E-state index in [0.717, 1.165) is 5.56 Å². The van der Waals surface area contributed by atoms with Crippen molar-refractivity contribution in [1.82, 2.24) is 10.0 Å². The van der Waals surface area contributed by atoms with E-state index >= 15 is 0 Å². The van der Waals surface area contributed by atoms with E-state index in [0.29, 0.717) is 5.56 Å². The lowest BCUT2D eigenvalue weighted by Gasteiger charge is -2.29. The minimum Gasteiger partial charge on any atom is -0.386 e. The SMILES string of the molecule is CC(C)CC(NS(=O)(=O)c1ccccc1)C(=O)NC(C(C)C)C(O)c1c(-c2ccccc2)c1=O. The fraction of sp³-hybridized carbons (Fsp3) is 0.385. The number of aliphatic hydroxyl groups is 1. The molecule has 0 aliphatic heterocycles. The van der Waals surface area contributed by atoms with Gasteiger partial charge in [0, 0.05) is 11.1 Å². The molecule has 0 aliphatic rings. The Kier molecular flexibility index (Phi) is 8.07. The quantitative estimate of drug-likeness (QED) is 0.387. The minimum absolute atomic E-state index is 0.0362. The second-order valence-electron chi connectivity index (χ2n) is 9.32. The van der Waals surface area contributed by atoms with Gasteiger partial charge in [0.1, 0.15) is 12.1 Å². The monoisotopic (exact) mass is 484 g/mol. The van der Waals surface area contributed by atoms with Gasteiger partial charge < -0.3 is 10.4 Å². The summed E-state index contributed by atoms with van der Waals surface area (Å²) in [4.78, 5) is 25.8. The van der Waals surface area contributed by atoms with E-state index in [1.807, 2.05) is 45.9 Å². The van der Waals surface area contributed by atoms with Crippen LogP contribution in [0.2, 0.25) is 0 Å². The van der Waals surface area contributed by atoms with Gasteiger partial charge in [-0.3, -0.25) is 9.59 Å². The van der Waals surface area contributed by atoms with Crippen LogP contribution in [0.1, 0.15) is 45.8 Å². The molecule has 0 radical (unpaired) electrons. The molecule has 3 atom stereocenters. The highest BCUT2D eigenvalue weighted by Gasteiger charge is 2.38. The summed E-state index contributed by atoms with van der Waals surface area (Å²) in [6, 6.07) is 15.1. The van der Waals surface area contributed by atoms with Crippen LogP contribution in [-0.2, 0) is 14.8 Å². The van der Waals surface area contributed by atoms with Crippen molar-refractivity contribution in [3.05, 3.63) is 76.5 Å². The summed E-state index contributed by atoms with van der Waals surface area (Å²) in [6.07, 6.45) is -0.924. The van der Waals surface area contributed by atoms with Crippen molar-refractivity contribution < 1.29 is 18.3 Å². The number of hydrogen-bond acceptors (Lipinski definition) is 5. The number of sulfonamides is 1. The molecule has 0 aliphatic carbocycles. The van der Waals surface area contributed by atoms with Crippen molar-refractivity contribution in [3.8, 4) is 11.1 Å². The van der Waals surface area contributed by atoms with Crippen molar-refractivity contribution in [2.45, 2.75) is 57.2 Å². The van der Waals surface area contributed by atoms with Crippen molar-refractivity contribution in [1.29, 1.82) is 0 Å². The minimum atomic E-state index is -3.92. The molecule has 1 amide bonds. The van der Waals surface area contributed by atoms with E-state index in [9.17, 15) is 23.1 Å². The highest BCUT2D eigenvalue weighted by atomic mass is 32.2. The van der Waals surface area contributed by atoms with Crippen molar-refractivity contribution in [2.24, 2.45) is 11.8 Å². The number of hydrogen-bond donors (Lipinski definition) is 3. The summed E-state index contributed by atoms with van der Waals surface area (Å²) in [6.45, 7) is 7.45. The fourth-order valence-electron chi connectivity index (χ4n) is 3.95. The summed E-state index contributed by atoms with van der Waals surface area (Å²) in [7, 11) is -3.92. The third kappa shape index (κ3) is 6.00. The Labute approximate surface area is 201 Å². The van der Waals surface area contributed by atoms with Gasteiger partial charge in [-0.15, -0.1) is 0 Å². The highest BCUT2D eigenvalue weighted by Crippen LogP contribution is 2.33. The van der Waals surface area contributed by atoms with Crippen LogP contribution < -0.4 is 15.5 Å². The van der Waals surface area contributed by atoms with Gasteiger partial charge in [0.2, 0.25) is 15.9 Å². The van der Waals surface area contributed by atoms with Gasteiger partial charge in [0.25, 0.3) is 0 Å². The van der Waals surface area contributed by atoms with E-state index in [2.05, 4.69) is 10.0 Å². The van der Waals surface area contributed by atoms with Crippen LogP contribution >= 0.6 is 0 Å². The molecule has 3 aromatic rings. The van der Waals surface area contributed by atoms with Gasteiger partial charge in [-0.2, -0.15) is 4.72 Å². The predicted molar refractivity (Wildman–Crippen MR) is 132 cm³/mol. The molecule has 0 spiro atoms. The summed E-state index contributed by atoms with van der Waals surface area (Å²) in [5.41, 5.74) is 1.26.